The van der Waals surface area contributed by atoms with Gasteiger partial charge in [0.25, 0.3) is 5.91 Å². The number of nitrogens with zero attached hydrogens (tertiary/aromatic N) is 4. The number of hydrogen-bond acceptors (Lipinski definition) is 6. The van der Waals surface area contributed by atoms with Gasteiger partial charge in [-0.15, -0.1) is 11.3 Å². The van der Waals surface area contributed by atoms with Crippen molar-refractivity contribution in [2.45, 2.75) is 44.7 Å². The molecule has 126 valence electrons. The molecule has 7 heteroatoms. The van der Waals surface area contributed by atoms with Crippen molar-refractivity contribution in [2.24, 2.45) is 0 Å². The number of hydrogen-bond donors (Lipinski definition) is 1. The molecular weight excluding hydrogens is 322 g/mol. The fourth-order valence-electron chi connectivity index (χ4n) is 3.76. The first-order valence-electron chi connectivity index (χ1n) is 8.52. The quantitative estimate of drug-likeness (QED) is 0.926. The van der Waals surface area contributed by atoms with Crippen LogP contribution in [0.15, 0.2) is 18.5 Å². The lowest BCUT2D eigenvalue weighted by molar-refractivity contribution is 0.0918. The Morgan fingerprint density at radius 3 is 2.92 bits per heavy atom. The topological polar surface area (TPSA) is 71.0 Å². The summed E-state index contributed by atoms with van der Waals surface area (Å²) in [7, 11) is 0. The Morgan fingerprint density at radius 2 is 2.08 bits per heavy atom. The minimum atomic E-state index is -0.00963. The minimum absolute atomic E-state index is 0.00963. The molecular formula is C17H21N5OS. The van der Waals surface area contributed by atoms with Crippen LogP contribution >= 0.6 is 11.3 Å². The Labute approximate surface area is 145 Å². The third-order valence-electron chi connectivity index (χ3n) is 4.93. The molecule has 2 aliphatic rings. The summed E-state index contributed by atoms with van der Waals surface area (Å²) in [5.74, 6) is 0.563. The summed E-state index contributed by atoms with van der Waals surface area (Å²) >= 11 is 1.37. The van der Waals surface area contributed by atoms with E-state index in [0.717, 1.165) is 18.7 Å². The summed E-state index contributed by atoms with van der Waals surface area (Å²) in [5.41, 5.74) is 0.749. The van der Waals surface area contributed by atoms with Gasteiger partial charge in [-0.3, -0.25) is 9.69 Å². The molecule has 0 aromatic carbocycles. The molecule has 2 aromatic heterocycles. The predicted molar refractivity (Wildman–Crippen MR) is 93.0 cm³/mol. The van der Waals surface area contributed by atoms with Gasteiger partial charge in [0.1, 0.15) is 4.88 Å². The molecule has 0 unspecified atom stereocenters. The fraction of sp³-hybridized carbons (Fsp3) is 0.529. The largest absolute Gasteiger partial charge is 0.347 e. The zero-order valence-corrected chi connectivity index (χ0v) is 14.6. The highest BCUT2D eigenvalue weighted by atomic mass is 32.1. The van der Waals surface area contributed by atoms with Crippen LogP contribution in [-0.4, -0.2) is 50.9 Å². The number of nitrogens with one attached hydrogen (secondary N) is 1. The van der Waals surface area contributed by atoms with E-state index in [1.54, 1.807) is 18.5 Å². The Morgan fingerprint density at radius 1 is 1.25 bits per heavy atom. The average molecular weight is 343 g/mol. The first-order chi connectivity index (χ1) is 11.7. The van der Waals surface area contributed by atoms with Gasteiger partial charge in [0.15, 0.2) is 10.8 Å². The van der Waals surface area contributed by atoms with Crippen molar-refractivity contribution in [3.8, 4) is 10.8 Å². The van der Waals surface area contributed by atoms with Crippen molar-refractivity contribution in [1.82, 2.24) is 25.2 Å². The molecule has 4 heterocycles. The molecule has 0 radical (unpaired) electrons. The first kappa shape index (κ1) is 15.7. The van der Waals surface area contributed by atoms with Crippen molar-refractivity contribution in [3.05, 3.63) is 29.0 Å². The van der Waals surface area contributed by atoms with E-state index in [9.17, 15) is 4.79 Å². The van der Waals surface area contributed by atoms with Crippen LogP contribution in [0.5, 0.6) is 0 Å². The SMILES string of the molecule is Cc1nc(-c2ncccn2)sc1C(=O)N[C@H]1CCN2CCCC[C@H]12. The zero-order chi connectivity index (χ0) is 16.5. The summed E-state index contributed by atoms with van der Waals surface area (Å²) in [6.45, 7) is 4.14. The second kappa shape index (κ2) is 6.57. The van der Waals surface area contributed by atoms with Crippen molar-refractivity contribution >= 4 is 17.2 Å². The van der Waals surface area contributed by atoms with Crippen LogP contribution in [-0.2, 0) is 0 Å². The summed E-state index contributed by atoms with van der Waals surface area (Å²) in [4.78, 5) is 28.9. The molecule has 0 aliphatic carbocycles. The molecule has 2 aromatic rings. The second-order valence-corrected chi connectivity index (χ2v) is 7.47. The molecule has 2 atom stereocenters. The van der Waals surface area contributed by atoms with Crippen molar-refractivity contribution in [2.75, 3.05) is 13.1 Å². The normalized spacial score (nSPS) is 23.9. The molecule has 6 nitrogen and oxygen atoms in total. The fourth-order valence-corrected chi connectivity index (χ4v) is 4.68. The van der Waals surface area contributed by atoms with E-state index < -0.39 is 0 Å². The number of aromatic nitrogens is 3. The molecule has 2 aliphatic heterocycles. The maximum atomic E-state index is 12.7. The highest BCUT2D eigenvalue weighted by Crippen LogP contribution is 2.29. The van der Waals surface area contributed by atoms with E-state index in [2.05, 4.69) is 25.2 Å². The molecule has 4 rings (SSSR count). The molecule has 1 amide bonds. The zero-order valence-electron chi connectivity index (χ0n) is 13.7. The Hall–Kier alpha value is -1.86. The minimum Gasteiger partial charge on any atom is -0.347 e. The number of aryl methyl sites for hydroxylation is 1. The molecule has 24 heavy (non-hydrogen) atoms. The number of piperidine rings is 1. The lowest BCUT2D eigenvalue weighted by Crippen LogP contribution is -2.46. The Balaban J connectivity index is 1.50. The van der Waals surface area contributed by atoms with Crippen LogP contribution in [0.3, 0.4) is 0 Å². The molecule has 0 saturated carbocycles. The van der Waals surface area contributed by atoms with Gasteiger partial charge in [0.05, 0.1) is 5.69 Å². The van der Waals surface area contributed by atoms with Crippen LogP contribution in [0.1, 0.15) is 41.0 Å². The third-order valence-corrected chi connectivity index (χ3v) is 6.08. The van der Waals surface area contributed by atoms with Gasteiger partial charge in [0.2, 0.25) is 0 Å². The van der Waals surface area contributed by atoms with Crippen molar-refractivity contribution in [3.63, 3.8) is 0 Å². The highest BCUT2D eigenvalue weighted by Gasteiger charge is 2.36. The average Bonchev–Trinajstić information content (AvgIpc) is 3.20. The molecule has 1 N–H and O–H groups in total. The summed E-state index contributed by atoms with van der Waals surface area (Å²) in [6.07, 6.45) is 8.16. The first-order valence-corrected chi connectivity index (χ1v) is 9.34. The standard InChI is InChI=1S/C17H21N5OS/c1-11-14(24-17(20-11)15-18-7-4-8-19-15)16(23)21-12-6-10-22-9-3-2-5-13(12)22/h4,7-8,12-13H,2-3,5-6,9-10H2,1H3,(H,21,23)/t12-,13+/m0/s1. The maximum Gasteiger partial charge on any atom is 0.263 e. The monoisotopic (exact) mass is 343 g/mol. The van der Waals surface area contributed by atoms with Crippen LogP contribution in [0.2, 0.25) is 0 Å². The number of carbonyl (C=O) groups excluding carboxylic acids is 1. The number of rotatable bonds is 3. The van der Waals surface area contributed by atoms with E-state index >= 15 is 0 Å². The van der Waals surface area contributed by atoms with Gasteiger partial charge in [-0.2, -0.15) is 0 Å². The molecule has 0 bridgehead atoms. The Kier molecular flexibility index (Phi) is 4.28. The lowest BCUT2D eigenvalue weighted by Gasteiger charge is -2.32. The van der Waals surface area contributed by atoms with Gasteiger partial charge < -0.3 is 5.32 Å². The summed E-state index contributed by atoms with van der Waals surface area (Å²) in [6, 6.07) is 2.54. The Bertz CT molecular complexity index is 732. The lowest BCUT2D eigenvalue weighted by atomic mass is 9.99. The molecule has 2 fully saturated rings. The third kappa shape index (κ3) is 2.93. The van der Waals surface area contributed by atoms with E-state index in [1.165, 1.54) is 37.1 Å². The van der Waals surface area contributed by atoms with Gasteiger partial charge >= 0.3 is 0 Å². The number of amides is 1. The number of fused-ring (bicyclic) bond motifs is 1. The van der Waals surface area contributed by atoms with Crippen molar-refractivity contribution < 1.29 is 4.79 Å². The van der Waals surface area contributed by atoms with Crippen molar-refractivity contribution in [1.29, 1.82) is 0 Å². The van der Waals surface area contributed by atoms with Gasteiger partial charge in [-0.05, 0) is 38.8 Å². The van der Waals surface area contributed by atoms with Crippen LogP contribution < -0.4 is 5.32 Å². The van der Waals surface area contributed by atoms with Crippen LogP contribution in [0, 0.1) is 6.92 Å². The summed E-state index contributed by atoms with van der Waals surface area (Å²) in [5, 5.41) is 3.95. The van der Waals surface area contributed by atoms with Gasteiger partial charge in [-0.25, -0.2) is 15.0 Å². The number of thiazole rings is 1. The van der Waals surface area contributed by atoms with Gasteiger partial charge in [0, 0.05) is 31.0 Å². The number of carbonyl (C=O) groups is 1. The van der Waals surface area contributed by atoms with E-state index in [4.69, 9.17) is 0 Å². The van der Waals surface area contributed by atoms with Crippen LogP contribution in [0.4, 0.5) is 0 Å². The maximum absolute atomic E-state index is 12.7. The predicted octanol–water partition coefficient (Wildman–Crippen LogP) is 2.27. The summed E-state index contributed by atoms with van der Waals surface area (Å²) < 4.78 is 0. The highest BCUT2D eigenvalue weighted by molar-refractivity contribution is 7.17. The molecule has 2 saturated heterocycles. The second-order valence-electron chi connectivity index (χ2n) is 6.47. The van der Waals surface area contributed by atoms with Gasteiger partial charge in [-0.1, -0.05) is 6.42 Å². The van der Waals surface area contributed by atoms with E-state index in [1.807, 2.05) is 6.92 Å². The van der Waals surface area contributed by atoms with E-state index in [-0.39, 0.29) is 11.9 Å². The van der Waals surface area contributed by atoms with Crippen LogP contribution in [0.25, 0.3) is 10.8 Å². The molecule has 0 spiro atoms. The smallest absolute Gasteiger partial charge is 0.263 e. The van der Waals surface area contributed by atoms with E-state index in [0.29, 0.717) is 21.8 Å².